The number of thioether (sulfide) groups is 1. The minimum absolute atomic E-state index is 0.0398. The molecule has 0 saturated heterocycles. The van der Waals surface area contributed by atoms with E-state index in [1.54, 1.807) is 6.92 Å². The Labute approximate surface area is 106 Å². The van der Waals surface area contributed by atoms with Crippen LogP contribution in [0.15, 0.2) is 30.3 Å². The van der Waals surface area contributed by atoms with Crippen LogP contribution in [0, 0.1) is 0 Å². The lowest BCUT2D eigenvalue weighted by atomic mass is 10.2. The Balaban J connectivity index is 2.11. The maximum atomic E-state index is 11.5. The van der Waals surface area contributed by atoms with Crippen LogP contribution in [-0.2, 0) is 16.1 Å². The zero-order valence-electron chi connectivity index (χ0n) is 9.94. The summed E-state index contributed by atoms with van der Waals surface area (Å²) in [6, 6.07) is 9.80. The molecule has 1 N–H and O–H groups in total. The normalized spacial score (nSPS) is 9.94. The molecular formula is C13H17NO2S. The van der Waals surface area contributed by atoms with Gasteiger partial charge in [0.1, 0.15) is 0 Å². The number of benzene rings is 1. The van der Waals surface area contributed by atoms with Gasteiger partial charge in [-0.2, -0.15) is 0 Å². The largest absolute Gasteiger partial charge is 0.352 e. The molecule has 0 aliphatic carbocycles. The summed E-state index contributed by atoms with van der Waals surface area (Å²) in [5.74, 6) is 0.756. The smallest absolute Gasteiger partial charge is 0.220 e. The van der Waals surface area contributed by atoms with Gasteiger partial charge < -0.3 is 5.32 Å². The number of amides is 1. The monoisotopic (exact) mass is 251 g/mol. The number of hydrogen-bond acceptors (Lipinski definition) is 3. The van der Waals surface area contributed by atoms with Crippen molar-refractivity contribution in [3.8, 4) is 0 Å². The Morgan fingerprint density at radius 1 is 1.24 bits per heavy atom. The van der Waals surface area contributed by atoms with Crippen LogP contribution in [0.2, 0.25) is 0 Å². The zero-order valence-corrected chi connectivity index (χ0v) is 10.8. The highest BCUT2D eigenvalue weighted by atomic mass is 32.2. The Kier molecular flexibility index (Phi) is 6.40. The van der Waals surface area contributed by atoms with E-state index in [1.165, 1.54) is 11.8 Å². The second-order valence-corrected chi connectivity index (χ2v) is 4.98. The molecule has 1 aromatic carbocycles. The first-order valence-corrected chi connectivity index (χ1v) is 6.61. The molecule has 0 unspecified atom stereocenters. The maximum Gasteiger partial charge on any atom is 0.220 e. The first kappa shape index (κ1) is 13.8. The lowest BCUT2D eigenvalue weighted by Gasteiger charge is -2.04. The Hall–Kier alpha value is -1.29. The van der Waals surface area contributed by atoms with E-state index in [0.717, 1.165) is 12.0 Å². The number of nitrogens with one attached hydrogen (secondary N) is 1. The minimum atomic E-state index is 0.0398. The van der Waals surface area contributed by atoms with E-state index in [-0.39, 0.29) is 11.0 Å². The topological polar surface area (TPSA) is 46.2 Å². The van der Waals surface area contributed by atoms with Crippen LogP contribution >= 0.6 is 11.8 Å². The second-order valence-electron chi connectivity index (χ2n) is 3.71. The van der Waals surface area contributed by atoms with Gasteiger partial charge in [-0.3, -0.25) is 9.59 Å². The summed E-state index contributed by atoms with van der Waals surface area (Å²) >= 11 is 1.27. The lowest BCUT2D eigenvalue weighted by molar-refractivity contribution is -0.121. The molecule has 0 bridgehead atoms. The van der Waals surface area contributed by atoms with Gasteiger partial charge in [-0.25, -0.2) is 0 Å². The summed E-state index contributed by atoms with van der Waals surface area (Å²) in [6.45, 7) is 2.11. The second kappa shape index (κ2) is 7.90. The first-order chi connectivity index (χ1) is 8.18. The predicted octanol–water partition coefficient (Wildman–Crippen LogP) is 2.36. The van der Waals surface area contributed by atoms with E-state index in [4.69, 9.17) is 0 Å². The third kappa shape index (κ3) is 6.79. The summed E-state index contributed by atoms with van der Waals surface area (Å²) in [4.78, 5) is 22.1. The van der Waals surface area contributed by atoms with E-state index < -0.39 is 0 Å². The van der Waals surface area contributed by atoms with Crippen molar-refractivity contribution in [2.24, 2.45) is 0 Å². The molecule has 1 amide bonds. The van der Waals surface area contributed by atoms with Crippen molar-refractivity contribution in [1.82, 2.24) is 5.32 Å². The van der Waals surface area contributed by atoms with Gasteiger partial charge >= 0.3 is 0 Å². The highest BCUT2D eigenvalue weighted by Gasteiger charge is 2.01. The summed E-state index contributed by atoms with van der Waals surface area (Å²) in [5.41, 5.74) is 1.10. The van der Waals surface area contributed by atoms with Gasteiger partial charge in [0.2, 0.25) is 5.91 Å². The molecule has 92 valence electrons. The number of hydrogen-bond donors (Lipinski definition) is 1. The Bertz CT molecular complexity index is 365. The summed E-state index contributed by atoms with van der Waals surface area (Å²) in [5, 5.41) is 2.96. The lowest BCUT2D eigenvalue weighted by Crippen LogP contribution is -2.22. The van der Waals surface area contributed by atoms with Crippen LogP contribution in [0.1, 0.15) is 25.3 Å². The van der Waals surface area contributed by atoms with Crippen molar-refractivity contribution in [3.63, 3.8) is 0 Å². The van der Waals surface area contributed by atoms with Gasteiger partial charge in [-0.1, -0.05) is 42.1 Å². The van der Waals surface area contributed by atoms with Crippen LogP contribution in [0.4, 0.5) is 0 Å². The van der Waals surface area contributed by atoms with Gasteiger partial charge in [0.15, 0.2) is 5.12 Å². The van der Waals surface area contributed by atoms with Crippen LogP contribution in [0.5, 0.6) is 0 Å². The highest BCUT2D eigenvalue weighted by molar-refractivity contribution is 8.13. The van der Waals surface area contributed by atoms with Crippen molar-refractivity contribution in [1.29, 1.82) is 0 Å². The number of rotatable bonds is 6. The molecule has 0 atom stereocenters. The molecule has 0 aliphatic heterocycles. The third-order valence-electron chi connectivity index (χ3n) is 2.19. The van der Waals surface area contributed by atoms with Crippen molar-refractivity contribution in [2.45, 2.75) is 26.3 Å². The molecule has 1 rings (SSSR count). The van der Waals surface area contributed by atoms with Gasteiger partial charge in [-0.15, -0.1) is 0 Å². The summed E-state index contributed by atoms with van der Waals surface area (Å²) in [6.07, 6.45) is 1.22. The minimum Gasteiger partial charge on any atom is -0.352 e. The van der Waals surface area contributed by atoms with Gasteiger partial charge in [-0.05, 0) is 12.0 Å². The van der Waals surface area contributed by atoms with Crippen LogP contribution in [-0.4, -0.2) is 16.8 Å². The first-order valence-electron chi connectivity index (χ1n) is 5.62. The molecular weight excluding hydrogens is 234 g/mol. The van der Waals surface area contributed by atoms with Crippen LogP contribution in [0.3, 0.4) is 0 Å². The Morgan fingerprint density at radius 2 is 1.94 bits per heavy atom. The van der Waals surface area contributed by atoms with Crippen molar-refractivity contribution >= 4 is 22.8 Å². The van der Waals surface area contributed by atoms with Crippen LogP contribution < -0.4 is 5.32 Å². The molecule has 17 heavy (non-hydrogen) atoms. The number of carbonyl (C=O) groups excluding carboxylic acids is 2. The standard InChI is InChI=1S/C13H17NO2S/c1-11(15)17-9-5-8-13(16)14-10-12-6-3-2-4-7-12/h2-4,6-7H,5,8-10H2,1H3,(H,14,16). The average molecular weight is 251 g/mol. The maximum absolute atomic E-state index is 11.5. The van der Waals surface area contributed by atoms with Gasteiger partial charge in [0.25, 0.3) is 0 Å². The fourth-order valence-corrected chi connectivity index (χ4v) is 1.91. The Morgan fingerprint density at radius 3 is 2.59 bits per heavy atom. The van der Waals surface area contributed by atoms with Gasteiger partial charge in [0.05, 0.1) is 0 Å². The van der Waals surface area contributed by atoms with Crippen molar-refractivity contribution < 1.29 is 9.59 Å². The quantitative estimate of drug-likeness (QED) is 0.789. The number of carbonyl (C=O) groups is 2. The highest BCUT2D eigenvalue weighted by Crippen LogP contribution is 2.05. The third-order valence-corrected chi connectivity index (χ3v) is 3.09. The zero-order chi connectivity index (χ0) is 12.5. The van der Waals surface area contributed by atoms with E-state index in [9.17, 15) is 9.59 Å². The summed E-state index contributed by atoms with van der Waals surface area (Å²) < 4.78 is 0. The molecule has 0 fully saturated rings. The molecule has 0 aliphatic rings. The molecule has 0 heterocycles. The fourth-order valence-electron chi connectivity index (χ4n) is 1.33. The van der Waals surface area contributed by atoms with Crippen LogP contribution in [0.25, 0.3) is 0 Å². The molecule has 3 nitrogen and oxygen atoms in total. The van der Waals surface area contributed by atoms with E-state index in [1.807, 2.05) is 30.3 Å². The average Bonchev–Trinajstić information content (AvgIpc) is 2.33. The SMILES string of the molecule is CC(=O)SCCCC(=O)NCc1ccccc1. The van der Waals surface area contributed by atoms with Crippen molar-refractivity contribution in [3.05, 3.63) is 35.9 Å². The van der Waals surface area contributed by atoms with Crippen molar-refractivity contribution in [2.75, 3.05) is 5.75 Å². The summed E-state index contributed by atoms with van der Waals surface area (Å²) in [7, 11) is 0. The van der Waals surface area contributed by atoms with E-state index in [0.29, 0.717) is 18.7 Å². The molecule has 0 aromatic heterocycles. The predicted molar refractivity (Wildman–Crippen MR) is 70.7 cm³/mol. The molecule has 0 saturated carbocycles. The molecule has 4 heteroatoms. The molecule has 0 spiro atoms. The molecule has 0 radical (unpaired) electrons. The van der Waals surface area contributed by atoms with E-state index >= 15 is 0 Å². The van der Waals surface area contributed by atoms with Gasteiger partial charge in [0, 0.05) is 25.6 Å². The fraction of sp³-hybridized carbons (Fsp3) is 0.385. The molecule has 1 aromatic rings. The van der Waals surface area contributed by atoms with E-state index in [2.05, 4.69) is 5.32 Å².